The van der Waals surface area contributed by atoms with E-state index in [1.54, 1.807) is 0 Å². The Morgan fingerprint density at radius 2 is 2.15 bits per heavy atom. The van der Waals surface area contributed by atoms with Gasteiger partial charge in [-0.05, 0) is 44.4 Å². The van der Waals surface area contributed by atoms with Gasteiger partial charge in [-0.1, -0.05) is 0 Å². The second-order valence-corrected chi connectivity index (χ2v) is 7.32. The Morgan fingerprint density at radius 3 is 2.92 bits per heavy atom. The molecule has 1 N–H and O–H groups in total. The summed E-state index contributed by atoms with van der Waals surface area (Å²) in [6.45, 7) is 7.00. The van der Waals surface area contributed by atoms with Crippen LogP contribution in [0.2, 0.25) is 0 Å². The van der Waals surface area contributed by atoms with Crippen molar-refractivity contribution >= 4 is 6.03 Å². The van der Waals surface area contributed by atoms with Crippen molar-refractivity contribution < 1.29 is 9.21 Å². The van der Waals surface area contributed by atoms with Gasteiger partial charge in [-0.2, -0.15) is 5.10 Å². The molecule has 0 bridgehead atoms. The molecule has 2 aromatic heterocycles. The van der Waals surface area contributed by atoms with Crippen LogP contribution in [-0.4, -0.2) is 51.8 Å². The Morgan fingerprint density at radius 1 is 1.31 bits per heavy atom. The third-order valence-corrected chi connectivity index (χ3v) is 5.28. The van der Waals surface area contributed by atoms with Gasteiger partial charge in [0.25, 0.3) is 0 Å². The van der Waals surface area contributed by atoms with Gasteiger partial charge in [-0.25, -0.2) is 4.79 Å². The Balaban J connectivity index is 1.34. The number of rotatable bonds is 5. The van der Waals surface area contributed by atoms with E-state index in [9.17, 15) is 4.79 Å². The number of aromatic nitrogens is 2. The zero-order valence-electron chi connectivity index (χ0n) is 15.4. The number of likely N-dealkylation sites (tertiary alicyclic amines) is 1. The highest BCUT2D eigenvalue weighted by Crippen LogP contribution is 2.24. The molecule has 7 heteroatoms. The molecule has 2 aliphatic heterocycles. The highest BCUT2D eigenvalue weighted by molar-refractivity contribution is 5.74. The van der Waals surface area contributed by atoms with Crippen LogP contribution in [0, 0.1) is 6.92 Å². The first kappa shape index (κ1) is 17.1. The van der Waals surface area contributed by atoms with Crippen LogP contribution in [0.15, 0.2) is 28.8 Å². The van der Waals surface area contributed by atoms with E-state index in [1.165, 1.54) is 5.69 Å². The molecule has 1 atom stereocenters. The monoisotopic (exact) mass is 357 g/mol. The minimum absolute atomic E-state index is 0.0712. The molecule has 1 fully saturated rings. The number of fused-ring (bicyclic) bond motifs is 1. The van der Waals surface area contributed by atoms with Gasteiger partial charge in [0.2, 0.25) is 0 Å². The quantitative estimate of drug-likeness (QED) is 0.893. The summed E-state index contributed by atoms with van der Waals surface area (Å²) in [4.78, 5) is 16.5. The molecule has 1 unspecified atom stereocenters. The summed E-state index contributed by atoms with van der Waals surface area (Å²) in [6, 6.07) is 6.47. The number of urea groups is 1. The molecule has 4 heterocycles. The summed E-state index contributed by atoms with van der Waals surface area (Å²) < 4.78 is 7.85. The van der Waals surface area contributed by atoms with Crippen LogP contribution in [0.1, 0.15) is 42.5 Å². The van der Waals surface area contributed by atoms with E-state index in [-0.39, 0.29) is 12.1 Å². The predicted octanol–water partition coefficient (Wildman–Crippen LogP) is 2.54. The second kappa shape index (κ2) is 7.53. The molecule has 0 aliphatic carbocycles. The number of nitrogens with zero attached hydrogens (tertiary/aromatic N) is 4. The maximum atomic E-state index is 12.2. The van der Waals surface area contributed by atoms with Crippen molar-refractivity contribution in [3.05, 3.63) is 41.6 Å². The fourth-order valence-corrected chi connectivity index (χ4v) is 3.97. The first-order valence-corrected chi connectivity index (χ1v) is 9.52. The normalized spacial score (nSPS) is 20.3. The fourth-order valence-electron chi connectivity index (χ4n) is 3.97. The van der Waals surface area contributed by atoms with E-state index < -0.39 is 0 Å². The lowest BCUT2D eigenvalue weighted by Gasteiger charge is -2.33. The first-order chi connectivity index (χ1) is 12.7. The summed E-state index contributed by atoms with van der Waals surface area (Å²) >= 11 is 0. The van der Waals surface area contributed by atoms with Gasteiger partial charge in [0.1, 0.15) is 11.5 Å². The average molecular weight is 357 g/mol. The van der Waals surface area contributed by atoms with Crippen LogP contribution in [0.4, 0.5) is 4.79 Å². The van der Waals surface area contributed by atoms with E-state index in [4.69, 9.17) is 4.42 Å². The highest BCUT2D eigenvalue weighted by Gasteiger charge is 2.26. The fraction of sp³-hybridized carbons (Fsp3) is 0.579. The van der Waals surface area contributed by atoms with Crippen molar-refractivity contribution in [1.29, 1.82) is 0 Å². The summed E-state index contributed by atoms with van der Waals surface area (Å²) in [6.07, 6.45) is 4.98. The SMILES string of the molecule is Cc1ccc(CN2Cc3ccnn3C(CCNC(=O)N3CCCC3)C2)o1. The van der Waals surface area contributed by atoms with Crippen molar-refractivity contribution in [2.24, 2.45) is 0 Å². The third kappa shape index (κ3) is 3.77. The third-order valence-electron chi connectivity index (χ3n) is 5.28. The first-order valence-electron chi connectivity index (χ1n) is 9.52. The van der Waals surface area contributed by atoms with Crippen molar-refractivity contribution in [2.45, 2.75) is 45.3 Å². The molecule has 2 aliphatic rings. The topological polar surface area (TPSA) is 66.5 Å². The maximum Gasteiger partial charge on any atom is 0.317 e. The van der Waals surface area contributed by atoms with Gasteiger partial charge in [0.15, 0.2) is 0 Å². The Hall–Kier alpha value is -2.28. The number of hydrogen-bond donors (Lipinski definition) is 1. The van der Waals surface area contributed by atoms with Crippen molar-refractivity contribution in [3.8, 4) is 0 Å². The summed E-state index contributed by atoms with van der Waals surface area (Å²) in [7, 11) is 0. The van der Waals surface area contributed by atoms with Crippen LogP contribution in [-0.2, 0) is 13.1 Å². The number of hydrogen-bond acceptors (Lipinski definition) is 4. The molecule has 0 radical (unpaired) electrons. The van der Waals surface area contributed by atoms with Crippen molar-refractivity contribution in [3.63, 3.8) is 0 Å². The van der Waals surface area contributed by atoms with Crippen LogP contribution < -0.4 is 5.32 Å². The molecular formula is C19H27N5O2. The highest BCUT2D eigenvalue weighted by atomic mass is 16.3. The summed E-state index contributed by atoms with van der Waals surface area (Å²) in [5, 5.41) is 7.57. The Bertz CT molecular complexity index is 747. The number of aryl methyl sites for hydroxylation is 1. The van der Waals surface area contributed by atoms with Crippen molar-refractivity contribution in [2.75, 3.05) is 26.2 Å². The molecule has 1 saturated heterocycles. The smallest absolute Gasteiger partial charge is 0.317 e. The van der Waals surface area contributed by atoms with E-state index in [1.807, 2.05) is 30.2 Å². The van der Waals surface area contributed by atoms with Crippen molar-refractivity contribution in [1.82, 2.24) is 24.9 Å². The summed E-state index contributed by atoms with van der Waals surface area (Å²) in [5.74, 6) is 1.94. The zero-order chi connectivity index (χ0) is 17.9. The molecule has 7 nitrogen and oxygen atoms in total. The molecule has 4 rings (SSSR count). The van der Waals surface area contributed by atoms with E-state index in [2.05, 4.69) is 26.1 Å². The molecule has 0 spiro atoms. The molecule has 0 saturated carbocycles. The molecule has 0 aromatic carbocycles. The Kier molecular flexibility index (Phi) is 4.97. The van der Waals surface area contributed by atoms with Crippen LogP contribution in [0.25, 0.3) is 0 Å². The lowest BCUT2D eigenvalue weighted by molar-refractivity contribution is 0.150. The number of carbonyl (C=O) groups excluding carboxylic acids is 1. The zero-order valence-corrected chi connectivity index (χ0v) is 15.4. The van der Waals surface area contributed by atoms with Crippen LogP contribution in [0.3, 0.4) is 0 Å². The van der Waals surface area contributed by atoms with Gasteiger partial charge in [0.05, 0.1) is 18.3 Å². The Labute approximate surface area is 153 Å². The number of amides is 2. The van der Waals surface area contributed by atoms with Crippen LogP contribution >= 0.6 is 0 Å². The van der Waals surface area contributed by atoms with Gasteiger partial charge < -0.3 is 14.6 Å². The number of carbonyl (C=O) groups is 1. The minimum Gasteiger partial charge on any atom is -0.465 e. The maximum absolute atomic E-state index is 12.2. The van der Waals surface area contributed by atoms with Crippen LogP contribution in [0.5, 0.6) is 0 Å². The van der Waals surface area contributed by atoms with Gasteiger partial charge >= 0.3 is 6.03 Å². The number of nitrogens with one attached hydrogen (secondary N) is 1. The molecule has 140 valence electrons. The van der Waals surface area contributed by atoms with Gasteiger partial charge in [-0.15, -0.1) is 0 Å². The largest absolute Gasteiger partial charge is 0.465 e. The predicted molar refractivity (Wildman–Crippen MR) is 97.6 cm³/mol. The van der Waals surface area contributed by atoms with Gasteiger partial charge in [-0.3, -0.25) is 9.58 Å². The molecular weight excluding hydrogens is 330 g/mol. The van der Waals surface area contributed by atoms with Gasteiger partial charge in [0, 0.05) is 38.9 Å². The number of furan rings is 1. The van der Waals surface area contributed by atoms with E-state index in [0.29, 0.717) is 6.54 Å². The second-order valence-electron chi connectivity index (χ2n) is 7.32. The summed E-state index contributed by atoms with van der Waals surface area (Å²) in [5.41, 5.74) is 1.22. The molecule has 2 aromatic rings. The lowest BCUT2D eigenvalue weighted by atomic mass is 10.1. The van der Waals surface area contributed by atoms with E-state index in [0.717, 1.165) is 63.5 Å². The van der Waals surface area contributed by atoms with E-state index >= 15 is 0 Å². The lowest BCUT2D eigenvalue weighted by Crippen LogP contribution is -2.41. The average Bonchev–Trinajstić information content (AvgIpc) is 3.36. The molecule has 26 heavy (non-hydrogen) atoms. The standard InChI is InChI=1S/C19H27N5O2/c1-15-4-5-18(26-15)14-22-12-16(24-17(13-22)7-9-21-24)6-8-20-19(25)23-10-2-3-11-23/h4-5,7,9,16H,2-3,6,8,10-14H2,1H3,(H,20,25). The minimum atomic E-state index is 0.0712. The molecule has 2 amide bonds.